The molecule has 0 aliphatic heterocycles. The maximum atomic E-state index is 11.1. The van der Waals surface area contributed by atoms with E-state index in [0.29, 0.717) is 11.0 Å². The Morgan fingerprint density at radius 3 is 2.61 bits per heavy atom. The minimum absolute atomic E-state index is 0.0844. The van der Waals surface area contributed by atoms with Gasteiger partial charge in [0, 0.05) is 16.5 Å². The monoisotopic (exact) mass is 390 g/mol. The fourth-order valence-corrected chi connectivity index (χ4v) is 3.52. The van der Waals surface area contributed by atoms with Gasteiger partial charge in [0.25, 0.3) is 0 Å². The zero-order valence-electron chi connectivity index (χ0n) is 15.2. The largest absolute Gasteiger partial charge is 0.369 e. The third kappa shape index (κ3) is 3.41. The number of benzene rings is 2. The van der Waals surface area contributed by atoms with Gasteiger partial charge in [-0.2, -0.15) is 0 Å². The summed E-state index contributed by atoms with van der Waals surface area (Å²) in [7, 11) is 0. The highest BCUT2D eigenvalue weighted by Crippen LogP contribution is 2.32. The van der Waals surface area contributed by atoms with Crippen LogP contribution in [0.4, 0.5) is 0 Å². The van der Waals surface area contributed by atoms with Crippen LogP contribution in [0.2, 0.25) is 0 Å². The van der Waals surface area contributed by atoms with E-state index in [1.807, 2.05) is 49.4 Å². The Morgan fingerprint density at radius 2 is 1.86 bits per heavy atom. The van der Waals surface area contributed by atoms with E-state index in [1.165, 1.54) is 10.2 Å². The van der Waals surface area contributed by atoms with Crippen molar-refractivity contribution in [3.8, 4) is 22.6 Å². The van der Waals surface area contributed by atoms with E-state index < -0.39 is 5.91 Å². The van der Waals surface area contributed by atoms with Crippen LogP contribution in [-0.2, 0) is 4.79 Å². The molecule has 0 unspecified atom stereocenters. The SMILES string of the molecule is Cc1ccc(-c2cc(-c3nnc(SCC(N)=O)n3N)c3ccccc3n2)cc1. The number of thioether (sulfide) groups is 1. The van der Waals surface area contributed by atoms with Crippen molar-refractivity contribution in [3.05, 3.63) is 60.2 Å². The van der Waals surface area contributed by atoms with Crippen molar-refractivity contribution in [2.75, 3.05) is 11.6 Å². The van der Waals surface area contributed by atoms with Gasteiger partial charge in [-0.1, -0.05) is 59.8 Å². The Morgan fingerprint density at radius 1 is 1.11 bits per heavy atom. The van der Waals surface area contributed by atoms with E-state index in [-0.39, 0.29) is 5.75 Å². The van der Waals surface area contributed by atoms with Gasteiger partial charge in [0.15, 0.2) is 5.82 Å². The highest BCUT2D eigenvalue weighted by molar-refractivity contribution is 7.99. The fourth-order valence-electron chi connectivity index (χ4n) is 2.93. The van der Waals surface area contributed by atoms with Gasteiger partial charge in [0.05, 0.1) is 17.0 Å². The molecule has 0 aliphatic carbocycles. The summed E-state index contributed by atoms with van der Waals surface area (Å²) in [5.41, 5.74) is 9.88. The Labute approximate surface area is 165 Å². The highest BCUT2D eigenvalue weighted by Gasteiger charge is 2.17. The van der Waals surface area contributed by atoms with E-state index in [2.05, 4.69) is 22.3 Å². The number of nitrogens with two attached hydrogens (primary N) is 2. The molecule has 140 valence electrons. The summed E-state index contributed by atoms with van der Waals surface area (Å²) in [6.07, 6.45) is 0. The number of hydrogen-bond donors (Lipinski definition) is 2. The molecule has 0 saturated heterocycles. The van der Waals surface area contributed by atoms with Crippen LogP contribution in [0.25, 0.3) is 33.5 Å². The van der Waals surface area contributed by atoms with E-state index in [4.69, 9.17) is 16.6 Å². The maximum absolute atomic E-state index is 11.1. The van der Waals surface area contributed by atoms with Crippen LogP contribution in [0.5, 0.6) is 0 Å². The number of fused-ring (bicyclic) bond motifs is 1. The number of carbonyl (C=O) groups excluding carboxylic acids is 1. The molecule has 2 aromatic heterocycles. The van der Waals surface area contributed by atoms with Crippen LogP contribution in [-0.4, -0.2) is 31.5 Å². The molecule has 7 nitrogen and oxygen atoms in total. The van der Waals surface area contributed by atoms with Crippen molar-refractivity contribution in [3.63, 3.8) is 0 Å². The number of aryl methyl sites for hydroxylation is 1. The molecular weight excluding hydrogens is 372 g/mol. The molecule has 4 aromatic rings. The van der Waals surface area contributed by atoms with Gasteiger partial charge in [-0.15, -0.1) is 10.2 Å². The molecule has 1 amide bonds. The van der Waals surface area contributed by atoms with E-state index in [1.54, 1.807) is 0 Å². The van der Waals surface area contributed by atoms with Crippen molar-refractivity contribution >= 4 is 28.6 Å². The lowest BCUT2D eigenvalue weighted by molar-refractivity contribution is -0.115. The summed E-state index contributed by atoms with van der Waals surface area (Å²) < 4.78 is 1.38. The van der Waals surface area contributed by atoms with Crippen LogP contribution in [0, 0.1) is 6.92 Å². The molecule has 28 heavy (non-hydrogen) atoms. The molecule has 0 fully saturated rings. The summed E-state index contributed by atoms with van der Waals surface area (Å²) in [6.45, 7) is 2.05. The summed E-state index contributed by atoms with van der Waals surface area (Å²) in [5.74, 6) is 6.36. The first-order valence-electron chi connectivity index (χ1n) is 8.62. The second kappa shape index (κ2) is 7.32. The number of aromatic nitrogens is 4. The van der Waals surface area contributed by atoms with Gasteiger partial charge in [-0.05, 0) is 19.1 Å². The first-order chi connectivity index (χ1) is 13.5. The summed E-state index contributed by atoms with van der Waals surface area (Å²) in [6, 6.07) is 18.0. The van der Waals surface area contributed by atoms with Gasteiger partial charge in [0.2, 0.25) is 11.1 Å². The van der Waals surface area contributed by atoms with E-state index >= 15 is 0 Å². The minimum atomic E-state index is -0.439. The maximum Gasteiger partial charge on any atom is 0.227 e. The third-order valence-electron chi connectivity index (χ3n) is 4.31. The molecule has 4 N–H and O–H groups in total. The van der Waals surface area contributed by atoms with Crippen LogP contribution >= 0.6 is 11.8 Å². The van der Waals surface area contributed by atoms with Crippen molar-refractivity contribution in [2.45, 2.75) is 12.1 Å². The van der Waals surface area contributed by atoms with Crippen molar-refractivity contribution in [2.24, 2.45) is 5.73 Å². The number of pyridine rings is 1. The van der Waals surface area contributed by atoms with Crippen molar-refractivity contribution in [1.82, 2.24) is 19.9 Å². The van der Waals surface area contributed by atoms with Gasteiger partial charge >= 0.3 is 0 Å². The smallest absolute Gasteiger partial charge is 0.227 e. The molecule has 4 rings (SSSR count). The van der Waals surface area contributed by atoms with Crippen LogP contribution in [0.1, 0.15) is 5.56 Å². The van der Waals surface area contributed by atoms with Gasteiger partial charge in [-0.3, -0.25) is 4.79 Å². The second-order valence-corrected chi connectivity index (χ2v) is 7.31. The third-order valence-corrected chi connectivity index (χ3v) is 5.28. The van der Waals surface area contributed by atoms with Gasteiger partial charge < -0.3 is 11.6 Å². The molecule has 0 saturated carbocycles. The fraction of sp³-hybridized carbons (Fsp3) is 0.100. The normalized spacial score (nSPS) is 11.0. The van der Waals surface area contributed by atoms with E-state index in [9.17, 15) is 4.79 Å². The number of nitrogens with zero attached hydrogens (tertiary/aromatic N) is 4. The van der Waals surface area contributed by atoms with Crippen LogP contribution in [0.15, 0.2) is 59.8 Å². The number of para-hydroxylation sites is 1. The molecule has 0 atom stereocenters. The summed E-state index contributed by atoms with van der Waals surface area (Å²) in [5, 5.41) is 9.70. The van der Waals surface area contributed by atoms with Crippen molar-refractivity contribution < 1.29 is 4.79 Å². The number of hydrogen-bond acceptors (Lipinski definition) is 6. The zero-order chi connectivity index (χ0) is 19.7. The average molecular weight is 390 g/mol. The summed E-state index contributed by atoms with van der Waals surface area (Å²) in [4.78, 5) is 15.8. The first kappa shape index (κ1) is 18.0. The molecule has 0 bridgehead atoms. The highest BCUT2D eigenvalue weighted by atomic mass is 32.2. The first-order valence-corrected chi connectivity index (χ1v) is 9.60. The molecule has 8 heteroatoms. The molecule has 2 aromatic carbocycles. The Hall–Kier alpha value is -3.39. The number of carbonyl (C=O) groups is 1. The number of nitrogen functional groups attached to an aromatic ring is 1. The second-order valence-electron chi connectivity index (χ2n) is 6.37. The lowest BCUT2D eigenvalue weighted by atomic mass is 10.0. The number of amides is 1. The van der Waals surface area contributed by atoms with Gasteiger partial charge in [-0.25, -0.2) is 9.66 Å². The predicted molar refractivity (Wildman–Crippen MR) is 111 cm³/mol. The number of primary amides is 1. The number of rotatable bonds is 5. The predicted octanol–water partition coefficient (Wildman–Crippen LogP) is 2.76. The molecule has 0 spiro atoms. The average Bonchev–Trinajstić information content (AvgIpc) is 3.06. The minimum Gasteiger partial charge on any atom is -0.369 e. The molecule has 0 radical (unpaired) electrons. The Kier molecular flexibility index (Phi) is 4.70. The van der Waals surface area contributed by atoms with Gasteiger partial charge in [0.1, 0.15) is 0 Å². The summed E-state index contributed by atoms with van der Waals surface area (Å²) >= 11 is 1.15. The lowest BCUT2D eigenvalue weighted by Crippen LogP contribution is -2.16. The van der Waals surface area contributed by atoms with Crippen LogP contribution < -0.4 is 11.6 Å². The van der Waals surface area contributed by atoms with E-state index in [0.717, 1.165) is 39.5 Å². The lowest BCUT2D eigenvalue weighted by Gasteiger charge is -2.10. The molecule has 0 aliphatic rings. The quantitative estimate of drug-likeness (QED) is 0.400. The van der Waals surface area contributed by atoms with Crippen LogP contribution in [0.3, 0.4) is 0 Å². The molecule has 2 heterocycles. The standard InChI is InChI=1S/C20H18N6OS/c1-12-6-8-13(9-7-12)17-10-15(14-4-2-3-5-16(14)23-17)19-24-25-20(26(19)22)28-11-18(21)27/h2-10H,11,22H2,1H3,(H2,21,27). The molecular formula is C20H18N6OS. The van der Waals surface area contributed by atoms with Crippen molar-refractivity contribution in [1.29, 1.82) is 0 Å². The topological polar surface area (TPSA) is 113 Å². The Bertz CT molecular complexity index is 1170. The zero-order valence-corrected chi connectivity index (χ0v) is 16.0. The Balaban J connectivity index is 1.86.